The number of carboxylic acid groups (broad SMARTS) is 1. The first-order chi connectivity index (χ1) is 10.5. The summed E-state index contributed by atoms with van der Waals surface area (Å²) in [5, 5.41) is 11.8. The van der Waals surface area contributed by atoms with Crippen molar-refractivity contribution >= 4 is 11.9 Å². The number of aliphatic carboxylic acids is 1. The largest absolute Gasteiger partial charge is 0.480 e. The molecule has 0 radical (unpaired) electrons. The van der Waals surface area contributed by atoms with Crippen molar-refractivity contribution < 1.29 is 14.7 Å². The van der Waals surface area contributed by atoms with E-state index in [9.17, 15) is 14.7 Å². The van der Waals surface area contributed by atoms with E-state index >= 15 is 0 Å². The van der Waals surface area contributed by atoms with E-state index in [1.165, 1.54) is 6.20 Å². The highest BCUT2D eigenvalue weighted by Crippen LogP contribution is 2.11. The van der Waals surface area contributed by atoms with E-state index in [0.29, 0.717) is 17.8 Å². The Morgan fingerprint density at radius 3 is 2.77 bits per heavy atom. The Balaban J connectivity index is 2.19. The first kappa shape index (κ1) is 15.7. The number of aromatic nitrogens is 3. The molecule has 2 rings (SSSR count). The summed E-state index contributed by atoms with van der Waals surface area (Å²) in [5.74, 6) is -1.08. The van der Waals surface area contributed by atoms with Crippen LogP contribution in [-0.2, 0) is 4.79 Å². The Labute approximate surface area is 128 Å². The topological polar surface area (TPSA) is 97.1 Å². The van der Waals surface area contributed by atoms with Gasteiger partial charge in [-0.1, -0.05) is 20.3 Å². The molecule has 0 aromatic carbocycles. The second-order valence-electron chi connectivity index (χ2n) is 5.05. The minimum atomic E-state index is -1.04. The summed E-state index contributed by atoms with van der Waals surface area (Å²) in [7, 11) is 0. The van der Waals surface area contributed by atoms with Gasteiger partial charge in [-0.25, -0.2) is 14.8 Å². The third-order valence-electron chi connectivity index (χ3n) is 3.54. The van der Waals surface area contributed by atoms with Gasteiger partial charge in [-0.3, -0.25) is 9.36 Å². The second-order valence-corrected chi connectivity index (χ2v) is 5.05. The average molecular weight is 302 g/mol. The molecule has 2 aromatic rings. The summed E-state index contributed by atoms with van der Waals surface area (Å²) < 4.78 is 1.67. The number of pyridine rings is 1. The van der Waals surface area contributed by atoms with Gasteiger partial charge in [0.1, 0.15) is 18.2 Å². The summed E-state index contributed by atoms with van der Waals surface area (Å²) >= 11 is 0. The molecule has 2 atom stereocenters. The second kappa shape index (κ2) is 6.84. The van der Waals surface area contributed by atoms with Crippen LogP contribution in [-0.4, -0.2) is 37.6 Å². The molecule has 0 spiro atoms. The molecule has 0 aliphatic carbocycles. The highest BCUT2D eigenvalue weighted by molar-refractivity contribution is 5.96. The smallest absolute Gasteiger partial charge is 0.326 e. The van der Waals surface area contributed by atoms with E-state index < -0.39 is 17.9 Å². The maximum Gasteiger partial charge on any atom is 0.326 e. The lowest BCUT2D eigenvalue weighted by molar-refractivity contribution is -0.140. The maximum absolute atomic E-state index is 12.3. The molecular weight excluding hydrogens is 284 g/mol. The molecule has 0 saturated carbocycles. The van der Waals surface area contributed by atoms with E-state index in [-0.39, 0.29) is 5.92 Å². The highest BCUT2D eigenvalue weighted by Gasteiger charge is 2.25. The summed E-state index contributed by atoms with van der Waals surface area (Å²) in [4.78, 5) is 31.6. The van der Waals surface area contributed by atoms with Gasteiger partial charge in [0.05, 0.1) is 0 Å². The van der Waals surface area contributed by atoms with Gasteiger partial charge in [-0.15, -0.1) is 0 Å². The lowest BCUT2D eigenvalue weighted by Crippen LogP contribution is -2.45. The Morgan fingerprint density at radius 2 is 2.18 bits per heavy atom. The maximum atomic E-state index is 12.3. The monoisotopic (exact) mass is 302 g/mol. The standard InChI is InChI=1S/C15H18N4O3/c1-3-10(2)13(15(21)22)18-14(20)11-4-5-17-12(8-11)19-7-6-16-9-19/h4-10,13H,3H2,1-2H3,(H,18,20)(H,21,22)/t10-,13-/m0/s1. The third kappa shape index (κ3) is 3.49. The van der Waals surface area contributed by atoms with Crippen molar-refractivity contribution in [2.24, 2.45) is 5.92 Å². The van der Waals surface area contributed by atoms with E-state index in [2.05, 4.69) is 15.3 Å². The van der Waals surface area contributed by atoms with Crippen molar-refractivity contribution in [2.45, 2.75) is 26.3 Å². The number of nitrogens with one attached hydrogen (secondary N) is 1. The molecule has 116 valence electrons. The van der Waals surface area contributed by atoms with E-state index in [1.54, 1.807) is 42.3 Å². The van der Waals surface area contributed by atoms with Crippen LogP contribution < -0.4 is 5.32 Å². The number of nitrogens with zero attached hydrogens (tertiary/aromatic N) is 3. The molecule has 2 heterocycles. The number of carbonyl (C=O) groups is 2. The quantitative estimate of drug-likeness (QED) is 0.842. The molecule has 0 fully saturated rings. The van der Waals surface area contributed by atoms with E-state index in [0.717, 1.165) is 0 Å². The third-order valence-corrected chi connectivity index (χ3v) is 3.54. The molecule has 1 amide bonds. The van der Waals surface area contributed by atoms with Crippen molar-refractivity contribution in [1.29, 1.82) is 0 Å². The van der Waals surface area contributed by atoms with Gasteiger partial charge < -0.3 is 10.4 Å². The fourth-order valence-electron chi connectivity index (χ4n) is 2.00. The summed E-state index contributed by atoms with van der Waals surface area (Å²) in [6.45, 7) is 3.68. The van der Waals surface area contributed by atoms with Crippen molar-refractivity contribution in [1.82, 2.24) is 19.9 Å². The molecule has 0 bridgehead atoms. The number of rotatable bonds is 6. The Kier molecular flexibility index (Phi) is 4.88. The highest BCUT2D eigenvalue weighted by atomic mass is 16.4. The SMILES string of the molecule is CC[C@H](C)[C@H](NC(=O)c1ccnc(-n2ccnc2)c1)C(=O)O. The minimum absolute atomic E-state index is 0.156. The summed E-state index contributed by atoms with van der Waals surface area (Å²) in [5.41, 5.74) is 0.355. The van der Waals surface area contributed by atoms with Crippen LogP contribution in [0.25, 0.3) is 5.82 Å². The number of hydrogen-bond donors (Lipinski definition) is 2. The van der Waals surface area contributed by atoms with Gasteiger partial charge in [0.25, 0.3) is 5.91 Å². The van der Waals surface area contributed by atoms with Gasteiger partial charge in [-0.05, 0) is 18.1 Å². The van der Waals surface area contributed by atoms with Crippen LogP contribution in [0.15, 0.2) is 37.1 Å². The zero-order chi connectivity index (χ0) is 16.1. The number of carbonyl (C=O) groups excluding carboxylic acids is 1. The number of carboxylic acids is 1. The van der Waals surface area contributed by atoms with Crippen molar-refractivity contribution in [3.05, 3.63) is 42.6 Å². The normalized spacial score (nSPS) is 13.4. The van der Waals surface area contributed by atoms with Crippen LogP contribution in [0.2, 0.25) is 0 Å². The molecule has 2 N–H and O–H groups in total. The number of hydrogen-bond acceptors (Lipinski definition) is 4. The van der Waals surface area contributed by atoms with Crippen molar-refractivity contribution in [2.75, 3.05) is 0 Å². The molecule has 0 unspecified atom stereocenters. The van der Waals surface area contributed by atoms with Crippen molar-refractivity contribution in [3.8, 4) is 5.82 Å². The Hall–Kier alpha value is -2.70. The molecule has 22 heavy (non-hydrogen) atoms. The first-order valence-corrected chi connectivity index (χ1v) is 7.01. The predicted octanol–water partition coefficient (Wildman–Crippen LogP) is 1.50. The lowest BCUT2D eigenvalue weighted by atomic mass is 9.99. The van der Waals surface area contributed by atoms with Gasteiger partial charge >= 0.3 is 5.97 Å². The minimum Gasteiger partial charge on any atom is -0.480 e. The van der Waals surface area contributed by atoms with E-state index in [4.69, 9.17) is 0 Å². The average Bonchev–Trinajstić information content (AvgIpc) is 3.06. The first-order valence-electron chi connectivity index (χ1n) is 7.01. The fraction of sp³-hybridized carbons (Fsp3) is 0.333. The zero-order valence-electron chi connectivity index (χ0n) is 12.4. The summed E-state index contributed by atoms with van der Waals surface area (Å²) in [6.07, 6.45) is 7.06. The van der Waals surface area contributed by atoms with Crippen LogP contribution in [0.5, 0.6) is 0 Å². The van der Waals surface area contributed by atoms with Crippen LogP contribution >= 0.6 is 0 Å². The molecule has 0 saturated heterocycles. The number of imidazole rings is 1. The van der Waals surface area contributed by atoms with Crippen molar-refractivity contribution in [3.63, 3.8) is 0 Å². The van der Waals surface area contributed by atoms with Gasteiger partial charge in [0.15, 0.2) is 0 Å². The zero-order valence-corrected chi connectivity index (χ0v) is 12.4. The molecule has 7 nitrogen and oxygen atoms in total. The summed E-state index contributed by atoms with van der Waals surface area (Å²) in [6, 6.07) is 2.22. The van der Waals surface area contributed by atoms with Crippen LogP contribution in [0.3, 0.4) is 0 Å². The van der Waals surface area contributed by atoms with Crippen LogP contribution in [0.4, 0.5) is 0 Å². The molecule has 7 heteroatoms. The molecule has 2 aromatic heterocycles. The molecule has 0 aliphatic rings. The predicted molar refractivity (Wildman–Crippen MR) is 79.7 cm³/mol. The Morgan fingerprint density at radius 1 is 1.41 bits per heavy atom. The fourth-order valence-corrected chi connectivity index (χ4v) is 2.00. The lowest BCUT2D eigenvalue weighted by Gasteiger charge is -2.20. The Bertz CT molecular complexity index is 655. The van der Waals surface area contributed by atoms with Gasteiger partial charge in [-0.2, -0.15) is 0 Å². The number of amides is 1. The molecule has 0 aliphatic heterocycles. The molecular formula is C15H18N4O3. The van der Waals surface area contributed by atoms with Crippen LogP contribution in [0, 0.1) is 5.92 Å². The van der Waals surface area contributed by atoms with Crippen LogP contribution in [0.1, 0.15) is 30.6 Å². The van der Waals surface area contributed by atoms with E-state index in [1.807, 2.05) is 6.92 Å². The van der Waals surface area contributed by atoms with Gasteiger partial charge in [0.2, 0.25) is 0 Å². The van der Waals surface area contributed by atoms with Gasteiger partial charge in [0, 0.05) is 24.2 Å².